The van der Waals surface area contributed by atoms with Gasteiger partial charge in [0.2, 0.25) is 5.91 Å². The number of nitrogens with one attached hydrogen (secondary N) is 1. The highest BCUT2D eigenvalue weighted by molar-refractivity contribution is 5.80. The van der Waals surface area contributed by atoms with Gasteiger partial charge in [0.15, 0.2) is 0 Å². The quantitative estimate of drug-likeness (QED) is 0.829. The standard InChI is InChI=1S/C15H26N2O/c1-9(15(18)17(2)3)16-14-12-5-10-4-11(7-12)8-13(14)6-10/h9-14,16H,4-8H2,1-3H3. The third-order valence-electron chi connectivity index (χ3n) is 5.48. The van der Waals surface area contributed by atoms with Crippen LogP contribution in [0.25, 0.3) is 0 Å². The predicted molar refractivity (Wildman–Crippen MR) is 72.1 cm³/mol. The van der Waals surface area contributed by atoms with Crippen LogP contribution < -0.4 is 5.32 Å². The Balaban J connectivity index is 1.65. The van der Waals surface area contributed by atoms with Gasteiger partial charge in [-0.05, 0) is 62.7 Å². The van der Waals surface area contributed by atoms with Crippen molar-refractivity contribution in [1.82, 2.24) is 10.2 Å². The second kappa shape index (κ2) is 4.52. The molecule has 4 rings (SSSR count). The Labute approximate surface area is 110 Å². The van der Waals surface area contributed by atoms with Crippen LogP contribution in [0, 0.1) is 23.7 Å². The molecule has 4 aliphatic carbocycles. The van der Waals surface area contributed by atoms with E-state index < -0.39 is 0 Å². The molecule has 1 N–H and O–H groups in total. The Kier molecular flexibility index (Phi) is 3.13. The first-order valence-electron chi connectivity index (χ1n) is 7.51. The molecule has 0 aromatic heterocycles. The van der Waals surface area contributed by atoms with Crippen molar-refractivity contribution in [2.75, 3.05) is 14.1 Å². The molecule has 4 fully saturated rings. The van der Waals surface area contributed by atoms with Crippen molar-refractivity contribution >= 4 is 5.91 Å². The third-order valence-corrected chi connectivity index (χ3v) is 5.48. The highest BCUT2D eigenvalue weighted by atomic mass is 16.2. The Hall–Kier alpha value is -0.570. The van der Waals surface area contributed by atoms with Crippen molar-refractivity contribution in [2.45, 2.75) is 51.1 Å². The summed E-state index contributed by atoms with van der Waals surface area (Å²) in [5.41, 5.74) is 0. The number of amides is 1. The van der Waals surface area contributed by atoms with Gasteiger partial charge in [-0.2, -0.15) is 0 Å². The lowest BCUT2D eigenvalue weighted by Gasteiger charge is -2.55. The summed E-state index contributed by atoms with van der Waals surface area (Å²) in [6.45, 7) is 2.02. The first kappa shape index (κ1) is 12.5. The number of hydrogen-bond acceptors (Lipinski definition) is 2. The maximum atomic E-state index is 12.0. The van der Waals surface area contributed by atoms with Crippen LogP contribution in [-0.4, -0.2) is 37.0 Å². The Morgan fingerprint density at radius 1 is 1.06 bits per heavy atom. The van der Waals surface area contributed by atoms with E-state index in [-0.39, 0.29) is 11.9 Å². The van der Waals surface area contributed by atoms with Gasteiger partial charge in [0.1, 0.15) is 0 Å². The van der Waals surface area contributed by atoms with Crippen LogP contribution in [0.4, 0.5) is 0 Å². The molecule has 0 aromatic carbocycles. The van der Waals surface area contributed by atoms with E-state index in [1.807, 2.05) is 21.0 Å². The molecular formula is C15H26N2O. The molecule has 0 spiro atoms. The molecule has 4 saturated carbocycles. The van der Waals surface area contributed by atoms with E-state index in [9.17, 15) is 4.79 Å². The van der Waals surface area contributed by atoms with E-state index >= 15 is 0 Å². The predicted octanol–water partition coefficient (Wildman–Crippen LogP) is 1.88. The minimum Gasteiger partial charge on any atom is -0.347 e. The maximum absolute atomic E-state index is 12.0. The smallest absolute Gasteiger partial charge is 0.238 e. The molecular weight excluding hydrogens is 224 g/mol. The van der Waals surface area contributed by atoms with E-state index in [4.69, 9.17) is 0 Å². The molecule has 1 unspecified atom stereocenters. The molecule has 4 aliphatic rings. The van der Waals surface area contributed by atoms with Gasteiger partial charge in [0.05, 0.1) is 6.04 Å². The monoisotopic (exact) mass is 250 g/mol. The number of likely N-dealkylation sites (N-methyl/N-ethyl adjacent to an activating group) is 1. The van der Waals surface area contributed by atoms with E-state index in [1.54, 1.807) is 4.90 Å². The van der Waals surface area contributed by atoms with Crippen molar-refractivity contribution in [2.24, 2.45) is 23.7 Å². The third kappa shape index (κ3) is 2.07. The van der Waals surface area contributed by atoms with Gasteiger partial charge >= 0.3 is 0 Å². The van der Waals surface area contributed by atoms with Crippen LogP contribution in [0.3, 0.4) is 0 Å². The summed E-state index contributed by atoms with van der Waals surface area (Å²) in [5, 5.41) is 3.65. The van der Waals surface area contributed by atoms with E-state index in [1.165, 1.54) is 32.1 Å². The first-order valence-corrected chi connectivity index (χ1v) is 7.51. The molecule has 102 valence electrons. The van der Waals surface area contributed by atoms with E-state index in [0.717, 1.165) is 23.7 Å². The van der Waals surface area contributed by atoms with Gasteiger partial charge < -0.3 is 10.2 Å². The number of nitrogens with zero attached hydrogens (tertiary/aromatic N) is 1. The largest absolute Gasteiger partial charge is 0.347 e. The van der Waals surface area contributed by atoms with Crippen molar-refractivity contribution in [1.29, 1.82) is 0 Å². The van der Waals surface area contributed by atoms with Gasteiger partial charge in [-0.1, -0.05) is 0 Å². The summed E-state index contributed by atoms with van der Waals surface area (Å²) in [5.74, 6) is 3.91. The molecule has 0 saturated heterocycles. The number of carbonyl (C=O) groups is 1. The highest BCUT2D eigenvalue weighted by Crippen LogP contribution is 2.53. The zero-order chi connectivity index (χ0) is 12.9. The SMILES string of the molecule is CC(NC1C2CC3CC(C2)CC1C3)C(=O)N(C)C. The second-order valence-electron chi connectivity index (χ2n) is 7.08. The van der Waals surface area contributed by atoms with Gasteiger partial charge in [0.25, 0.3) is 0 Å². The molecule has 0 heterocycles. The minimum absolute atomic E-state index is 0.0254. The summed E-state index contributed by atoms with van der Waals surface area (Å²) >= 11 is 0. The van der Waals surface area contributed by atoms with Crippen molar-refractivity contribution in [3.8, 4) is 0 Å². The fourth-order valence-electron chi connectivity index (χ4n) is 4.94. The normalized spacial score (nSPS) is 42.9. The maximum Gasteiger partial charge on any atom is 0.238 e. The molecule has 0 radical (unpaired) electrons. The number of carbonyl (C=O) groups excluding carboxylic acids is 1. The Morgan fingerprint density at radius 3 is 2.00 bits per heavy atom. The lowest BCUT2D eigenvalue weighted by atomic mass is 9.54. The topological polar surface area (TPSA) is 32.3 Å². The summed E-state index contributed by atoms with van der Waals surface area (Å²) in [6, 6.07) is 0.583. The Morgan fingerprint density at radius 2 is 1.56 bits per heavy atom. The minimum atomic E-state index is -0.0254. The van der Waals surface area contributed by atoms with E-state index in [0.29, 0.717) is 6.04 Å². The van der Waals surface area contributed by atoms with Gasteiger partial charge in [0, 0.05) is 20.1 Å². The number of hydrogen-bond donors (Lipinski definition) is 1. The van der Waals surface area contributed by atoms with Crippen LogP contribution in [0.15, 0.2) is 0 Å². The molecule has 4 bridgehead atoms. The average Bonchev–Trinajstić information content (AvgIpc) is 2.31. The lowest BCUT2D eigenvalue weighted by Crippen LogP contribution is -2.58. The van der Waals surface area contributed by atoms with Crippen molar-refractivity contribution in [3.63, 3.8) is 0 Å². The number of rotatable bonds is 3. The van der Waals surface area contributed by atoms with Crippen LogP contribution in [-0.2, 0) is 4.79 Å². The molecule has 1 atom stereocenters. The van der Waals surface area contributed by atoms with Crippen molar-refractivity contribution < 1.29 is 4.79 Å². The molecule has 18 heavy (non-hydrogen) atoms. The van der Waals surface area contributed by atoms with Gasteiger partial charge in [-0.15, -0.1) is 0 Å². The molecule has 3 nitrogen and oxygen atoms in total. The Bertz CT molecular complexity index is 311. The molecule has 1 amide bonds. The van der Waals surface area contributed by atoms with Crippen LogP contribution in [0.1, 0.15) is 39.0 Å². The summed E-state index contributed by atoms with van der Waals surface area (Å²) in [6.07, 6.45) is 7.13. The van der Waals surface area contributed by atoms with Gasteiger partial charge in [-0.3, -0.25) is 4.79 Å². The molecule has 3 heteroatoms. The molecule has 0 aliphatic heterocycles. The summed E-state index contributed by atoms with van der Waals surface area (Å²) in [7, 11) is 3.69. The van der Waals surface area contributed by atoms with Crippen LogP contribution in [0.2, 0.25) is 0 Å². The van der Waals surface area contributed by atoms with Crippen molar-refractivity contribution in [3.05, 3.63) is 0 Å². The summed E-state index contributed by atoms with van der Waals surface area (Å²) < 4.78 is 0. The summed E-state index contributed by atoms with van der Waals surface area (Å²) in [4.78, 5) is 13.7. The fourth-order valence-corrected chi connectivity index (χ4v) is 4.94. The highest BCUT2D eigenvalue weighted by Gasteiger charge is 2.48. The van der Waals surface area contributed by atoms with Crippen LogP contribution in [0.5, 0.6) is 0 Å². The van der Waals surface area contributed by atoms with Crippen LogP contribution >= 0.6 is 0 Å². The fraction of sp³-hybridized carbons (Fsp3) is 0.933. The van der Waals surface area contributed by atoms with Gasteiger partial charge in [-0.25, -0.2) is 0 Å². The second-order valence-corrected chi connectivity index (χ2v) is 7.08. The lowest BCUT2D eigenvalue weighted by molar-refractivity contribution is -0.131. The van der Waals surface area contributed by atoms with E-state index in [2.05, 4.69) is 5.32 Å². The first-order chi connectivity index (χ1) is 8.54. The zero-order valence-corrected chi connectivity index (χ0v) is 11.9. The molecule has 0 aromatic rings. The average molecular weight is 250 g/mol. The zero-order valence-electron chi connectivity index (χ0n) is 11.9.